The van der Waals surface area contributed by atoms with Gasteiger partial charge >= 0.3 is 0 Å². The van der Waals surface area contributed by atoms with Crippen LogP contribution in [0.2, 0.25) is 0 Å². The minimum Gasteiger partial charge on any atom is -0.491 e. The highest BCUT2D eigenvalue weighted by molar-refractivity contribution is 5.78. The quantitative estimate of drug-likeness (QED) is 0.423. The van der Waals surface area contributed by atoms with Gasteiger partial charge in [0, 0.05) is 54.2 Å². The Morgan fingerprint density at radius 2 is 1.89 bits per heavy atom. The standard InChI is InChI=1S/C29H27FN6O/c1-17-11-20(21-14-26-25(33-15-21)7-8-32-26)13-22-16-36(9-10-37-27(17)22)28-24(18(2)34-29(31)35-28)12-19-3-5-23(30)6-4-19/h3-6,8,11,13-15H,7,9-10,12,16H2,1-2H3,(H2,31,34,35). The van der Waals surface area contributed by atoms with E-state index in [4.69, 9.17) is 10.5 Å². The molecule has 4 heterocycles. The van der Waals surface area contributed by atoms with Gasteiger partial charge in [0.2, 0.25) is 5.95 Å². The van der Waals surface area contributed by atoms with Gasteiger partial charge in [-0.3, -0.25) is 9.98 Å². The van der Waals surface area contributed by atoms with Gasteiger partial charge in [0.1, 0.15) is 24.0 Å². The number of benzene rings is 2. The fraction of sp³-hybridized carbons (Fsp3) is 0.241. The van der Waals surface area contributed by atoms with Crippen molar-refractivity contribution in [3.05, 3.63) is 88.1 Å². The fourth-order valence-corrected chi connectivity index (χ4v) is 5.08. The monoisotopic (exact) mass is 494 g/mol. The lowest BCUT2D eigenvalue weighted by atomic mass is 9.99. The van der Waals surface area contributed by atoms with Gasteiger partial charge < -0.3 is 15.4 Å². The van der Waals surface area contributed by atoms with Crippen molar-refractivity contribution in [3.63, 3.8) is 0 Å². The molecule has 0 radical (unpaired) electrons. The maximum absolute atomic E-state index is 13.5. The van der Waals surface area contributed by atoms with E-state index in [1.807, 2.05) is 19.3 Å². The molecule has 0 bridgehead atoms. The predicted octanol–water partition coefficient (Wildman–Crippen LogP) is 5.12. The molecule has 0 fully saturated rings. The van der Waals surface area contributed by atoms with Crippen molar-refractivity contribution < 1.29 is 9.13 Å². The van der Waals surface area contributed by atoms with Crippen LogP contribution in [-0.4, -0.2) is 34.3 Å². The smallest absolute Gasteiger partial charge is 0.222 e. The van der Waals surface area contributed by atoms with Crippen LogP contribution < -0.4 is 15.4 Å². The minimum absolute atomic E-state index is 0.232. The van der Waals surface area contributed by atoms with Crippen LogP contribution in [0.3, 0.4) is 0 Å². The van der Waals surface area contributed by atoms with Crippen molar-refractivity contribution >= 4 is 23.7 Å². The largest absolute Gasteiger partial charge is 0.491 e. The van der Waals surface area contributed by atoms with Gasteiger partial charge in [-0.25, -0.2) is 9.37 Å². The zero-order valence-corrected chi connectivity index (χ0v) is 20.8. The van der Waals surface area contributed by atoms with E-state index in [2.05, 4.69) is 50.0 Å². The van der Waals surface area contributed by atoms with E-state index in [9.17, 15) is 4.39 Å². The molecule has 8 heteroatoms. The Morgan fingerprint density at radius 1 is 1.05 bits per heavy atom. The van der Waals surface area contributed by atoms with E-state index in [-0.39, 0.29) is 11.8 Å². The highest BCUT2D eigenvalue weighted by atomic mass is 19.1. The molecule has 0 saturated heterocycles. The molecule has 2 N–H and O–H groups in total. The Morgan fingerprint density at radius 3 is 2.73 bits per heavy atom. The Kier molecular flexibility index (Phi) is 5.79. The van der Waals surface area contributed by atoms with Crippen molar-refractivity contribution in [2.75, 3.05) is 23.8 Å². The Bertz CT molecular complexity index is 1530. The Hall–Kier alpha value is -4.33. The average Bonchev–Trinajstić information content (AvgIpc) is 3.24. The number of fused-ring (bicyclic) bond motifs is 2. The van der Waals surface area contributed by atoms with Gasteiger partial charge in [-0.15, -0.1) is 0 Å². The van der Waals surface area contributed by atoms with E-state index in [1.54, 1.807) is 12.1 Å². The highest BCUT2D eigenvalue weighted by Gasteiger charge is 2.24. The van der Waals surface area contributed by atoms with Crippen molar-refractivity contribution in [2.45, 2.75) is 33.2 Å². The lowest BCUT2D eigenvalue weighted by Crippen LogP contribution is -2.28. The number of halogens is 1. The van der Waals surface area contributed by atoms with Gasteiger partial charge in [-0.1, -0.05) is 12.1 Å². The molecular formula is C29H27FN6O. The number of hydrogen-bond donors (Lipinski definition) is 1. The second-order valence-electron chi connectivity index (χ2n) is 9.53. The SMILES string of the molecule is Cc1cc(-c2cnc3c(c2)N=CC3)cc2c1OCCN(c1nc(N)nc(C)c1Cc1ccc(F)cc1)C2. The van der Waals surface area contributed by atoms with Crippen LogP contribution in [0, 0.1) is 19.7 Å². The predicted molar refractivity (Wildman–Crippen MR) is 143 cm³/mol. The molecule has 2 aromatic heterocycles. The molecule has 2 aliphatic rings. The van der Waals surface area contributed by atoms with E-state index >= 15 is 0 Å². The van der Waals surface area contributed by atoms with E-state index in [0.717, 1.165) is 68.4 Å². The summed E-state index contributed by atoms with van der Waals surface area (Å²) in [6.07, 6.45) is 5.17. The van der Waals surface area contributed by atoms with E-state index in [1.165, 1.54) is 12.1 Å². The van der Waals surface area contributed by atoms with Crippen LogP contribution in [0.25, 0.3) is 11.1 Å². The number of pyridine rings is 1. The molecule has 0 atom stereocenters. The molecule has 0 saturated carbocycles. The van der Waals surface area contributed by atoms with Gasteiger partial charge in [-0.05, 0) is 60.9 Å². The Labute approximate surface area is 214 Å². The summed E-state index contributed by atoms with van der Waals surface area (Å²) in [6.45, 7) is 5.77. The summed E-state index contributed by atoms with van der Waals surface area (Å²) in [7, 11) is 0. The van der Waals surface area contributed by atoms with Gasteiger partial charge in [0.05, 0.1) is 17.9 Å². The molecule has 6 rings (SSSR count). The summed E-state index contributed by atoms with van der Waals surface area (Å²) in [5, 5.41) is 0. The molecular weight excluding hydrogens is 467 g/mol. The maximum Gasteiger partial charge on any atom is 0.222 e. The molecule has 4 aromatic rings. The van der Waals surface area contributed by atoms with Gasteiger partial charge in [0.15, 0.2) is 0 Å². The summed E-state index contributed by atoms with van der Waals surface area (Å²) in [5.74, 6) is 1.65. The molecule has 186 valence electrons. The minimum atomic E-state index is -0.257. The number of aliphatic imine (C=N–C) groups is 1. The number of hydrogen-bond acceptors (Lipinski definition) is 7. The van der Waals surface area contributed by atoms with Crippen molar-refractivity contribution in [2.24, 2.45) is 4.99 Å². The molecule has 0 amide bonds. The highest BCUT2D eigenvalue weighted by Crippen LogP contribution is 2.36. The number of rotatable bonds is 4. The topological polar surface area (TPSA) is 89.5 Å². The third-order valence-electron chi connectivity index (χ3n) is 6.92. The first-order valence-electron chi connectivity index (χ1n) is 12.3. The third-order valence-corrected chi connectivity index (χ3v) is 6.92. The lowest BCUT2D eigenvalue weighted by molar-refractivity contribution is 0.329. The average molecular weight is 495 g/mol. The molecule has 37 heavy (non-hydrogen) atoms. The van der Waals surface area contributed by atoms with E-state index < -0.39 is 0 Å². The lowest BCUT2D eigenvalue weighted by Gasteiger charge is -2.25. The fourth-order valence-electron chi connectivity index (χ4n) is 5.08. The first-order chi connectivity index (χ1) is 17.9. The second-order valence-corrected chi connectivity index (χ2v) is 9.53. The summed E-state index contributed by atoms with van der Waals surface area (Å²) < 4.78 is 19.7. The van der Waals surface area contributed by atoms with Gasteiger partial charge in [-0.2, -0.15) is 4.98 Å². The number of ether oxygens (including phenoxy) is 1. The zero-order valence-electron chi connectivity index (χ0n) is 20.8. The molecule has 2 aliphatic heterocycles. The van der Waals surface area contributed by atoms with Crippen LogP contribution in [0.4, 0.5) is 21.8 Å². The molecule has 0 spiro atoms. The molecule has 0 unspecified atom stereocenters. The Balaban J connectivity index is 1.38. The van der Waals surface area contributed by atoms with Crippen LogP contribution in [0.15, 0.2) is 53.7 Å². The number of anilines is 2. The number of nitrogen functional groups attached to an aromatic ring is 1. The van der Waals surface area contributed by atoms with Crippen molar-refractivity contribution in [1.82, 2.24) is 15.0 Å². The second kappa shape index (κ2) is 9.28. The van der Waals surface area contributed by atoms with Crippen LogP contribution in [-0.2, 0) is 19.4 Å². The van der Waals surface area contributed by atoms with E-state index in [0.29, 0.717) is 26.1 Å². The molecule has 2 aromatic carbocycles. The van der Waals surface area contributed by atoms with Crippen molar-refractivity contribution in [1.29, 1.82) is 0 Å². The summed E-state index contributed by atoms with van der Waals surface area (Å²) in [4.78, 5) is 20.4. The maximum atomic E-state index is 13.5. The first kappa shape index (κ1) is 23.1. The van der Waals surface area contributed by atoms with Gasteiger partial charge in [0.25, 0.3) is 0 Å². The number of nitrogens with zero attached hydrogens (tertiary/aromatic N) is 5. The number of aryl methyl sites for hydroxylation is 2. The van der Waals surface area contributed by atoms with Crippen LogP contribution in [0.5, 0.6) is 5.75 Å². The zero-order chi connectivity index (χ0) is 25.5. The summed E-state index contributed by atoms with van der Waals surface area (Å²) in [6, 6.07) is 12.9. The number of aromatic nitrogens is 3. The van der Waals surface area contributed by atoms with Crippen LogP contribution in [0.1, 0.15) is 33.6 Å². The first-order valence-corrected chi connectivity index (χ1v) is 12.3. The number of nitrogens with two attached hydrogens (primary N) is 1. The van der Waals surface area contributed by atoms with Crippen molar-refractivity contribution in [3.8, 4) is 16.9 Å². The third kappa shape index (κ3) is 4.50. The summed E-state index contributed by atoms with van der Waals surface area (Å²) in [5.41, 5.74) is 15.0. The summed E-state index contributed by atoms with van der Waals surface area (Å²) >= 11 is 0. The normalized spacial score (nSPS) is 14.2. The molecule has 0 aliphatic carbocycles. The van der Waals surface area contributed by atoms with Crippen LogP contribution >= 0.6 is 0 Å². The molecule has 7 nitrogen and oxygen atoms in total.